The molecule has 0 aliphatic carbocycles. The molecule has 0 bridgehead atoms. The van der Waals surface area contributed by atoms with Crippen LogP contribution >= 0.6 is 0 Å². The Kier molecular flexibility index (Phi) is 4.80. The molecule has 1 aliphatic heterocycles. The highest BCUT2D eigenvalue weighted by Gasteiger charge is 2.13. The molecular weight excluding hydrogens is 204 g/mol. The summed E-state index contributed by atoms with van der Waals surface area (Å²) in [6.45, 7) is 2.62. The molecule has 0 saturated carbocycles. The fraction of sp³-hybridized carbons (Fsp3) is 0.364. The van der Waals surface area contributed by atoms with Crippen molar-refractivity contribution in [2.24, 2.45) is 4.99 Å². The van der Waals surface area contributed by atoms with Gasteiger partial charge in [0.15, 0.2) is 0 Å². The maximum atomic E-state index is 11.6. The van der Waals surface area contributed by atoms with E-state index in [1.807, 2.05) is 13.0 Å². The van der Waals surface area contributed by atoms with Gasteiger partial charge < -0.3 is 10.6 Å². The third-order valence-electron chi connectivity index (χ3n) is 2.03. The van der Waals surface area contributed by atoms with Gasteiger partial charge >= 0.3 is 0 Å². The number of rotatable bonds is 4. The van der Waals surface area contributed by atoms with E-state index >= 15 is 0 Å². The van der Waals surface area contributed by atoms with Crippen molar-refractivity contribution >= 4 is 12.1 Å². The van der Waals surface area contributed by atoms with Crippen molar-refractivity contribution in [2.75, 3.05) is 6.54 Å². The monoisotopic (exact) mass is 218 g/mol. The summed E-state index contributed by atoms with van der Waals surface area (Å²) in [6.07, 6.45) is 6.49. The Hall–Kier alpha value is -2.09. The van der Waals surface area contributed by atoms with E-state index in [1.165, 1.54) is 6.21 Å². The normalized spacial score (nSPS) is 16.2. The van der Waals surface area contributed by atoms with Crippen LogP contribution in [0, 0.1) is 11.3 Å². The molecule has 5 nitrogen and oxygen atoms in total. The molecule has 1 aliphatic rings. The van der Waals surface area contributed by atoms with Gasteiger partial charge in [-0.1, -0.05) is 13.3 Å². The predicted molar refractivity (Wildman–Crippen MR) is 61.3 cm³/mol. The first-order chi connectivity index (χ1) is 7.79. The maximum Gasteiger partial charge on any atom is 0.264 e. The molecule has 16 heavy (non-hydrogen) atoms. The zero-order chi connectivity index (χ0) is 11.8. The largest absolute Gasteiger partial charge is 0.358 e. The summed E-state index contributed by atoms with van der Waals surface area (Å²) in [5.41, 5.74) is 0.489. The van der Waals surface area contributed by atoms with Gasteiger partial charge in [0.1, 0.15) is 11.6 Å². The predicted octanol–water partition coefficient (Wildman–Crippen LogP) is 0.826. The molecule has 0 aromatic rings. The second-order valence-corrected chi connectivity index (χ2v) is 3.25. The Bertz CT molecular complexity index is 387. The maximum absolute atomic E-state index is 11.6. The summed E-state index contributed by atoms with van der Waals surface area (Å²) >= 11 is 0. The summed E-state index contributed by atoms with van der Waals surface area (Å²) in [5, 5.41) is 14.4. The molecule has 1 heterocycles. The number of nitrogens with zero attached hydrogens (tertiary/aromatic N) is 2. The number of unbranched alkanes of at least 4 members (excludes halogenated alkanes) is 1. The first-order valence-corrected chi connectivity index (χ1v) is 5.17. The second kappa shape index (κ2) is 6.40. The van der Waals surface area contributed by atoms with Crippen LogP contribution < -0.4 is 10.6 Å². The SMILES string of the molecule is CCCCNC(=O)/C(C#N)=C1\C=NC=CN1. The van der Waals surface area contributed by atoms with Gasteiger partial charge in [0.05, 0.1) is 11.9 Å². The van der Waals surface area contributed by atoms with Crippen LogP contribution in [-0.2, 0) is 4.79 Å². The number of aliphatic imine (C=N–C) groups is 1. The summed E-state index contributed by atoms with van der Waals surface area (Å²) in [5.74, 6) is -0.361. The molecule has 84 valence electrons. The van der Waals surface area contributed by atoms with Crippen molar-refractivity contribution in [1.29, 1.82) is 5.26 Å². The van der Waals surface area contributed by atoms with E-state index in [0.29, 0.717) is 12.2 Å². The first-order valence-electron chi connectivity index (χ1n) is 5.17. The Morgan fingerprint density at radius 3 is 3.06 bits per heavy atom. The topological polar surface area (TPSA) is 77.3 Å². The van der Waals surface area contributed by atoms with Gasteiger partial charge in [0.25, 0.3) is 5.91 Å². The number of carbonyl (C=O) groups excluding carboxylic acids is 1. The average molecular weight is 218 g/mol. The van der Waals surface area contributed by atoms with Gasteiger partial charge in [0.2, 0.25) is 0 Å². The van der Waals surface area contributed by atoms with Gasteiger partial charge in [-0.3, -0.25) is 9.79 Å². The third-order valence-corrected chi connectivity index (χ3v) is 2.03. The summed E-state index contributed by atoms with van der Waals surface area (Å²) in [4.78, 5) is 15.5. The molecule has 5 heteroatoms. The lowest BCUT2D eigenvalue weighted by molar-refractivity contribution is -0.117. The number of carbonyl (C=O) groups is 1. The molecule has 0 aromatic carbocycles. The third kappa shape index (κ3) is 3.24. The molecule has 0 spiro atoms. The summed E-state index contributed by atoms with van der Waals surface area (Å²) < 4.78 is 0. The van der Waals surface area contributed by atoms with Crippen LogP contribution in [-0.4, -0.2) is 18.7 Å². The molecule has 0 atom stereocenters. The van der Waals surface area contributed by atoms with Crippen molar-refractivity contribution in [2.45, 2.75) is 19.8 Å². The lowest BCUT2D eigenvalue weighted by atomic mass is 10.2. The summed E-state index contributed by atoms with van der Waals surface area (Å²) in [6, 6.07) is 1.88. The molecule has 2 N–H and O–H groups in total. The van der Waals surface area contributed by atoms with Crippen molar-refractivity contribution < 1.29 is 4.79 Å². The molecule has 1 rings (SSSR count). The van der Waals surface area contributed by atoms with Gasteiger partial charge in [-0.25, -0.2) is 0 Å². The number of hydrogen-bond donors (Lipinski definition) is 2. The van der Waals surface area contributed by atoms with Crippen molar-refractivity contribution in [3.05, 3.63) is 23.7 Å². The molecule has 0 aromatic heterocycles. The molecule has 1 amide bonds. The summed E-state index contributed by atoms with van der Waals surface area (Å²) in [7, 11) is 0. The molecule has 0 unspecified atom stereocenters. The smallest absolute Gasteiger partial charge is 0.264 e. The standard InChI is InChI=1S/C11H14N4O/c1-2-3-4-15-11(16)9(7-12)10-8-13-5-6-14-10/h5-6,8,14H,2-4H2,1H3,(H,15,16)/b10-9+. The van der Waals surface area contributed by atoms with Crippen LogP contribution in [0.2, 0.25) is 0 Å². The van der Waals surface area contributed by atoms with Crippen LogP contribution in [0.15, 0.2) is 28.7 Å². The minimum absolute atomic E-state index is 0.0594. The number of amides is 1. The minimum Gasteiger partial charge on any atom is -0.358 e. The van der Waals surface area contributed by atoms with E-state index in [2.05, 4.69) is 15.6 Å². The second-order valence-electron chi connectivity index (χ2n) is 3.25. The molecule has 0 saturated heterocycles. The zero-order valence-electron chi connectivity index (χ0n) is 9.16. The molecule has 0 radical (unpaired) electrons. The van der Waals surface area contributed by atoms with Crippen molar-refractivity contribution in [1.82, 2.24) is 10.6 Å². The lowest BCUT2D eigenvalue weighted by Gasteiger charge is -2.08. The number of nitrogens with one attached hydrogen (secondary N) is 2. The Balaban J connectivity index is 2.68. The van der Waals surface area contributed by atoms with E-state index in [9.17, 15) is 4.79 Å². The molecular formula is C11H14N4O. The van der Waals surface area contributed by atoms with Crippen LogP contribution in [0.5, 0.6) is 0 Å². The van der Waals surface area contributed by atoms with Gasteiger partial charge in [-0.05, 0) is 6.42 Å². The molecule has 0 fully saturated rings. The highest BCUT2D eigenvalue weighted by atomic mass is 16.1. The minimum atomic E-state index is -0.361. The van der Waals surface area contributed by atoms with Crippen LogP contribution in [0.3, 0.4) is 0 Å². The number of hydrogen-bond acceptors (Lipinski definition) is 4. The van der Waals surface area contributed by atoms with E-state index in [1.54, 1.807) is 12.4 Å². The van der Waals surface area contributed by atoms with Crippen LogP contribution in [0.25, 0.3) is 0 Å². The highest BCUT2D eigenvalue weighted by Crippen LogP contribution is 2.02. The first kappa shape index (κ1) is 12.0. The van der Waals surface area contributed by atoms with E-state index in [0.717, 1.165) is 12.8 Å². The Morgan fingerprint density at radius 2 is 2.50 bits per heavy atom. The van der Waals surface area contributed by atoms with Gasteiger partial charge in [0, 0.05) is 18.9 Å². The fourth-order valence-corrected chi connectivity index (χ4v) is 1.16. The van der Waals surface area contributed by atoms with E-state index < -0.39 is 0 Å². The lowest BCUT2D eigenvalue weighted by Crippen LogP contribution is -2.28. The van der Waals surface area contributed by atoms with Crippen molar-refractivity contribution in [3.63, 3.8) is 0 Å². The zero-order valence-corrected chi connectivity index (χ0v) is 9.16. The Morgan fingerprint density at radius 1 is 1.69 bits per heavy atom. The average Bonchev–Trinajstić information content (AvgIpc) is 2.32. The van der Waals surface area contributed by atoms with Gasteiger partial charge in [-0.2, -0.15) is 5.26 Å². The van der Waals surface area contributed by atoms with Crippen LogP contribution in [0.1, 0.15) is 19.8 Å². The fourth-order valence-electron chi connectivity index (χ4n) is 1.16. The van der Waals surface area contributed by atoms with E-state index in [-0.39, 0.29) is 11.5 Å². The van der Waals surface area contributed by atoms with Crippen molar-refractivity contribution in [3.8, 4) is 6.07 Å². The number of allylic oxidation sites excluding steroid dienone is 1. The van der Waals surface area contributed by atoms with Crippen LogP contribution in [0.4, 0.5) is 0 Å². The number of nitriles is 1. The quantitative estimate of drug-likeness (QED) is 0.416. The Labute approximate surface area is 94.6 Å². The van der Waals surface area contributed by atoms with E-state index in [4.69, 9.17) is 5.26 Å². The highest BCUT2D eigenvalue weighted by molar-refractivity contribution is 6.03. The van der Waals surface area contributed by atoms with Gasteiger partial charge in [-0.15, -0.1) is 0 Å².